The SMILES string of the molecule is Cc1csc(CNC(=O)c2cc([N+](=O)[O-])cnc2Cl)n1. The first-order valence-electron chi connectivity index (χ1n) is 5.46. The number of amides is 1. The highest BCUT2D eigenvalue weighted by atomic mass is 35.5. The number of thiazole rings is 1. The third-order valence-electron chi connectivity index (χ3n) is 2.35. The normalized spacial score (nSPS) is 10.3. The maximum atomic E-state index is 11.9. The summed E-state index contributed by atoms with van der Waals surface area (Å²) >= 11 is 7.19. The standard InChI is InChI=1S/C11H9ClN4O3S/c1-6-5-20-9(15-6)4-14-11(17)8-2-7(16(18)19)3-13-10(8)12/h2-3,5H,4H2,1H3,(H,14,17). The van der Waals surface area contributed by atoms with Crippen LogP contribution in [0.4, 0.5) is 5.69 Å². The van der Waals surface area contributed by atoms with E-state index in [1.165, 1.54) is 11.3 Å². The molecular formula is C11H9ClN4O3S. The summed E-state index contributed by atoms with van der Waals surface area (Å²) in [6.07, 6.45) is 1.00. The van der Waals surface area contributed by atoms with Gasteiger partial charge in [-0.3, -0.25) is 14.9 Å². The molecule has 2 aromatic heterocycles. The lowest BCUT2D eigenvalue weighted by molar-refractivity contribution is -0.385. The molecule has 0 bridgehead atoms. The molecule has 0 unspecified atom stereocenters. The van der Waals surface area contributed by atoms with E-state index in [-0.39, 0.29) is 22.9 Å². The van der Waals surface area contributed by atoms with Crippen LogP contribution in [0.5, 0.6) is 0 Å². The molecule has 0 radical (unpaired) electrons. The molecule has 0 aliphatic heterocycles. The third kappa shape index (κ3) is 3.28. The average Bonchev–Trinajstić information content (AvgIpc) is 2.82. The lowest BCUT2D eigenvalue weighted by Gasteiger charge is -2.04. The van der Waals surface area contributed by atoms with E-state index in [2.05, 4.69) is 15.3 Å². The van der Waals surface area contributed by atoms with Gasteiger partial charge in [-0.05, 0) is 6.92 Å². The van der Waals surface area contributed by atoms with Crippen LogP contribution in [0.25, 0.3) is 0 Å². The monoisotopic (exact) mass is 312 g/mol. The van der Waals surface area contributed by atoms with Crippen molar-refractivity contribution in [1.29, 1.82) is 0 Å². The first-order valence-corrected chi connectivity index (χ1v) is 6.72. The van der Waals surface area contributed by atoms with E-state index in [9.17, 15) is 14.9 Å². The van der Waals surface area contributed by atoms with Gasteiger partial charge < -0.3 is 5.32 Å². The van der Waals surface area contributed by atoms with Gasteiger partial charge in [0.2, 0.25) is 0 Å². The molecule has 9 heteroatoms. The minimum absolute atomic E-state index is 0.0332. The van der Waals surface area contributed by atoms with Crippen LogP contribution < -0.4 is 5.32 Å². The highest BCUT2D eigenvalue weighted by molar-refractivity contribution is 7.09. The van der Waals surface area contributed by atoms with E-state index in [1.54, 1.807) is 0 Å². The second-order valence-corrected chi connectivity index (χ2v) is 5.15. The van der Waals surface area contributed by atoms with Gasteiger partial charge in [0.15, 0.2) is 0 Å². The van der Waals surface area contributed by atoms with Crippen LogP contribution in [0.15, 0.2) is 17.6 Å². The Morgan fingerprint density at radius 2 is 2.35 bits per heavy atom. The maximum absolute atomic E-state index is 11.9. The number of nitro groups is 1. The molecule has 2 heterocycles. The molecule has 2 rings (SSSR count). The molecule has 1 N–H and O–H groups in total. The number of pyridine rings is 1. The fourth-order valence-corrected chi connectivity index (χ4v) is 2.33. The Bertz CT molecular complexity index is 673. The van der Waals surface area contributed by atoms with Crippen LogP contribution >= 0.6 is 22.9 Å². The van der Waals surface area contributed by atoms with E-state index in [1.807, 2.05) is 12.3 Å². The highest BCUT2D eigenvalue weighted by Crippen LogP contribution is 2.19. The van der Waals surface area contributed by atoms with Gasteiger partial charge in [0.1, 0.15) is 16.4 Å². The van der Waals surface area contributed by atoms with Gasteiger partial charge >= 0.3 is 0 Å². The highest BCUT2D eigenvalue weighted by Gasteiger charge is 2.17. The van der Waals surface area contributed by atoms with Crippen molar-refractivity contribution in [3.8, 4) is 0 Å². The molecule has 20 heavy (non-hydrogen) atoms. The number of aromatic nitrogens is 2. The molecule has 0 aliphatic rings. The van der Waals surface area contributed by atoms with Gasteiger partial charge in [0.25, 0.3) is 11.6 Å². The van der Waals surface area contributed by atoms with Gasteiger partial charge in [-0.25, -0.2) is 9.97 Å². The number of hydrogen-bond acceptors (Lipinski definition) is 6. The topological polar surface area (TPSA) is 98.0 Å². The quantitative estimate of drug-likeness (QED) is 0.531. The summed E-state index contributed by atoms with van der Waals surface area (Å²) in [5.74, 6) is -0.529. The van der Waals surface area contributed by atoms with E-state index in [4.69, 9.17) is 11.6 Å². The third-order valence-corrected chi connectivity index (χ3v) is 3.61. The minimum Gasteiger partial charge on any atom is -0.345 e. The number of aryl methyl sites for hydroxylation is 1. The van der Waals surface area contributed by atoms with Gasteiger partial charge in [-0.2, -0.15) is 0 Å². The molecule has 0 spiro atoms. The zero-order chi connectivity index (χ0) is 14.7. The number of halogens is 1. The minimum atomic E-state index is -0.635. The van der Waals surface area contributed by atoms with Crippen molar-refractivity contribution in [2.45, 2.75) is 13.5 Å². The van der Waals surface area contributed by atoms with Crippen molar-refractivity contribution in [1.82, 2.24) is 15.3 Å². The van der Waals surface area contributed by atoms with Crippen LogP contribution in [0, 0.1) is 17.0 Å². The van der Waals surface area contributed by atoms with Gasteiger partial charge in [-0.1, -0.05) is 11.6 Å². The molecule has 1 amide bonds. The Kier molecular flexibility index (Phi) is 4.26. The Morgan fingerprint density at radius 3 is 2.95 bits per heavy atom. The fourth-order valence-electron chi connectivity index (χ4n) is 1.43. The van der Waals surface area contributed by atoms with E-state index < -0.39 is 10.8 Å². The van der Waals surface area contributed by atoms with E-state index in [0.717, 1.165) is 23.0 Å². The summed E-state index contributed by atoms with van der Waals surface area (Å²) in [6.45, 7) is 2.08. The Morgan fingerprint density at radius 1 is 1.60 bits per heavy atom. The average molecular weight is 313 g/mol. The second kappa shape index (κ2) is 5.93. The predicted molar refractivity (Wildman–Crippen MR) is 73.9 cm³/mol. The lowest BCUT2D eigenvalue weighted by atomic mass is 10.2. The maximum Gasteiger partial charge on any atom is 0.288 e. The Balaban J connectivity index is 2.12. The van der Waals surface area contributed by atoms with Crippen molar-refractivity contribution in [3.05, 3.63) is 49.2 Å². The summed E-state index contributed by atoms with van der Waals surface area (Å²) in [7, 11) is 0. The number of carbonyl (C=O) groups excluding carboxylic acids is 1. The van der Waals surface area contributed by atoms with Crippen molar-refractivity contribution in [2.24, 2.45) is 0 Å². The van der Waals surface area contributed by atoms with Crippen molar-refractivity contribution >= 4 is 34.5 Å². The summed E-state index contributed by atoms with van der Waals surface area (Å²) in [5.41, 5.74) is 0.549. The molecule has 0 saturated carbocycles. The van der Waals surface area contributed by atoms with Gasteiger partial charge in [-0.15, -0.1) is 11.3 Å². The van der Waals surface area contributed by atoms with Crippen LogP contribution in [-0.4, -0.2) is 20.8 Å². The summed E-state index contributed by atoms with van der Waals surface area (Å²) in [5, 5.41) is 15.8. The summed E-state index contributed by atoms with van der Waals surface area (Å²) < 4.78 is 0. The predicted octanol–water partition coefficient (Wildman–Crippen LogP) is 2.34. The number of nitrogens with one attached hydrogen (secondary N) is 1. The van der Waals surface area contributed by atoms with Crippen molar-refractivity contribution < 1.29 is 9.72 Å². The molecule has 7 nitrogen and oxygen atoms in total. The molecule has 0 atom stereocenters. The van der Waals surface area contributed by atoms with Gasteiger partial charge in [0.05, 0.1) is 17.0 Å². The number of hydrogen-bond donors (Lipinski definition) is 1. The Hall–Kier alpha value is -2.06. The summed E-state index contributed by atoms with van der Waals surface area (Å²) in [6, 6.07) is 1.10. The molecule has 2 aromatic rings. The molecule has 0 fully saturated rings. The van der Waals surface area contributed by atoms with Crippen LogP contribution in [0.1, 0.15) is 21.1 Å². The number of carbonyl (C=O) groups is 1. The molecular weight excluding hydrogens is 304 g/mol. The second-order valence-electron chi connectivity index (χ2n) is 3.85. The molecule has 0 saturated heterocycles. The van der Waals surface area contributed by atoms with Gasteiger partial charge in [0, 0.05) is 17.1 Å². The van der Waals surface area contributed by atoms with Crippen LogP contribution in [-0.2, 0) is 6.54 Å². The largest absolute Gasteiger partial charge is 0.345 e. The van der Waals surface area contributed by atoms with E-state index in [0.29, 0.717) is 0 Å². The lowest BCUT2D eigenvalue weighted by Crippen LogP contribution is -2.23. The molecule has 0 aromatic carbocycles. The van der Waals surface area contributed by atoms with Crippen molar-refractivity contribution in [2.75, 3.05) is 0 Å². The zero-order valence-corrected chi connectivity index (χ0v) is 11.9. The van der Waals surface area contributed by atoms with Crippen LogP contribution in [0.2, 0.25) is 5.15 Å². The molecule has 0 aliphatic carbocycles. The zero-order valence-electron chi connectivity index (χ0n) is 10.3. The first kappa shape index (κ1) is 14.4. The first-order chi connectivity index (χ1) is 9.47. The van der Waals surface area contributed by atoms with Crippen molar-refractivity contribution in [3.63, 3.8) is 0 Å². The Labute approximate surface area is 122 Å². The number of rotatable bonds is 4. The van der Waals surface area contributed by atoms with E-state index >= 15 is 0 Å². The summed E-state index contributed by atoms with van der Waals surface area (Å²) in [4.78, 5) is 29.8. The molecule has 104 valence electrons. The fraction of sp³-hybridized carbons (Fsp3) is 0.182. The van der Waals surface area contributed by atoms with Crippen LogP contribution in [0.3, 0.4) is 0 Å². The smallest absolute Gasteiger partial charge is 0.288 e. The number of nitrogens with zero attached hydrogens (tertiary/aromatic N) is 3.